The number of hydrogen-bond donors (Lipinski definition) is 1. The number of rotatable bonds is 2. The summed E-state index contributed by atoms with van der Waals surface area (Å²) in [6.07, 6.45) is -3.46. The summed E-state index contributed by atoms with van der Waals surface area (Å²) < 4.78 is 63.7. The average molecular weight is 274 g/mol. The molecule has 0 saturated heterocycles. The van der Waals surface area contributed by atoms with E-state index in [0.29, 0.717) is 18.2 Å². The van der Waals surface area contributed by atoms with Crippen molar-refractivity contribution in [3.05, 3.63) is 53.9 Å². The van der Waals surface area contributed by atoms with Gasteiger partial charge in [-0.05, 0) is 24.3 Å². The van der Waals surface area contributed by atoms with Gasteiger partial charge in [-0.15, -0.1) is 0 Å². The van der Waals surface area contributed by atoms with Crippen LogP contribution in [0.5, 0.6) is 0 Å². The molecule has 0 atom stereocenters. The third-order valence-corrected chi connectivity index (χ3v) is 2.30. The first kappa shape index (κ1) is 13.3. The van der Waals surface area contributed by atoms with E-state index in [1.807, 2.05) is 0 Å². The maximum atomic E-state index is 13.4. The second-order valence-electron chi connectivity index (χ2n) is 3.68. The molecule has 100 valence electrons. The SMILES string of the molecule is Fc1cc(Nc2cc(C(F)(F)F)ccc2F)ccn1. The van der Waals surface area contributed by atoms with E-state index >= 15 is 0 Å². The molecule has 0 unspecified atom stereocenters. The van der Waals surface area contributed by atoms with Crippen molar-refractivity contribution in [3.8, 4) is 0 Å². The number of nitrogens with one attached hydrogen (secondary N) is 1. The van der Waals surface area contributed by atoms with Crippen LogP contribution >= 0.6 is 0 Å². The van der Waals surface area contributed by atoms with Crippen LogP contribution in [0.2, 0.25) is 0 Å². The Morgan fingerprint density at radius 1 is 1.00 bits per heavy atom. The largest absolute Gasteiger partial charge is 0.416 e. The number of halogens is 5. The van der Waals surface area contributed by atoms with Gasteiger partial charge in [-0.2, -0.15) is 17.6 Å². The van der Waals surface area contributed by atoms with Crippen molar-refractivity contribution in [2.24, 2.45) is 0 Å². The Bertz CT molecular complexity index is 595. The summed E-state index contributed by atoms with van der Waals surface area (Å²) in [5.74, 6) is -1.69. The Hall–Kier alpha value is -2.18. The number of anilines is 2. The molecule has 1 aromatic carbocycles. The van der Waals surface area contributed by atoms with Gasteiger partial charge in [-0.25, -0.2) is 9.37 Å². The van der Waals surface area contributed by atoms with Crippen LogP contribution in [0.4, 0.5) is 33.3 Å². The fourth-order valence-electron chi connectivity index (χ4n) is 1.43. The molecule has 0 aliphatic rings. The molecule has 7 heteroatoms. The molecule has 0 saturated carbocycles. The van der Waals surface area contributed by atoms with Gasteiger partial charge in [0.1, 0.15) is 5.82 Å². The van der Waals surface area contributed by atoms with Crippen molar-refractivity contribution in [3.63, 3.8) is 0 Å². The smallest absolute Gasteiger partial charge is 0.353 e. The second kappa shape index (κ2) is 4.83. The molecule has 2 aromatic rings. The van der Waals surface area contributed by atoms with E-state index in [2.05, 4.69) is 10.3 Å². The summed E-state index contributed by atoms with van der Waals surface area (Å²) >= 11 is 0. The number of hydrogen-bond acceptors (Lipinski definition) is 2. The minimum Gasteiger partial charge on any atom is -0.353 e. The Balaban J connectivity index is 2.34. The number of pyridine rings is 1. The monoisotopic (exact) mass is 274 g/mol. The molecule has 2 rings (SSSR count). The fourth-order valence-corrected chi connectivity index (χ4v) is 1.43. The molecule has 0 amide bonds. The van der Waals surface area contributed by atoms with Gasteiger partial charge in [0.15, 0.2) is 0 Å². The third-order valence-electron chi connectivity index (χ3n) is 2.30. The van der Waals surface area contributed by atoms with E-state index in [1.54, 1.807) is 0 Å². The first-order valence-corrected chi connectivity index (χ1v) is 5.11. The highest BCUT2D eigenvalue weighted by molar-refractivity contribution is 5.60. The molecular weight excluding hydrogens is 267 g/mol. The zero-order valence-electron chi connectivity index (χ0n) is 9.30. The number of benzene rings is 1. The average Bonchev–Trinajstić information content (AvgIpc) is 2.30. The zero-order valence-corrected chi connectivity index (χ0v) is 9.30. The molecule has 0 fully saturated rings. The lowest BCUT2D eigenvalue weighted by Crippen LogP contribution is -2.06. The highest BCUT2D eigenvalue weighted by Gasteiger charge is 2.31. The fraction of sp³-hybridized carbons (Fsp3) is 0.0833. The number of nitrogens with zero attached hydrogens (tertiary/aromatic N) is 1. The van der Waals surface area contributed by atoms with Gasteiger partial charge in [-0.3, -0.25) is 0 Å². The summed E-state index contributed by atoms with van der Waals surface area (Å²) in [4.78, 5) is 3.28. The van der Waals surface area contributed by atoms with Gasteiger partial charge < -0.3 is 5.32 Å². The van der Waals surface area contributed by atoms with Crippen LogP contribution in [0.15, 0.2) is 36.5 Å². The molecule has 2 nitrogen and oxygen atoms in total. The van der Waals surface area contributed by atoms with E-state index in [1.165, 1.54) is 6.07 Å². The zero-order chi connectivity index (χ0) is 14.0. The van der Waals surface area contributed by atoms with Crippen molar-refractivity contribution in [1.82, 2.24) is 4.98 Å². The Morgan fingerprint density at radius 2 is 1.74 bits per heavy atom. The summed E-state index contributed by atoms with van der Waals surface area (Å²) in [7, 11) is 0. The van der Waals surface area contributed by atoms with E-state index in [0.717, 1.165) is 12.3 Å². The van der Waals surface area contributed by atoms with Crippen molar-refractivity contribution >= 4 is 11.4 Å². The van der Waals surface area contributed by atoms with Crippen molar-refractivity contribution in [2.75, 3.05) is 5.32 Å². The molecular formula is C12H7F5N2. The molecule has 0 spiro atoms. The van der Waals surface area contributed by atoms with Crippen LogP contribution < -0.4 is 5.32 Å². The molecule has 1 aromatic heterocycles. The summed E-state index contributed by atoms with van der Waals surface area (Å²) in [6.45, 7) is 0. The molecule has 0 radical (unpaired) electrons. The molecule has 0 aliphatic heterocycles. The van der Waals surface area contributed by atoms with Gasteiger partial charge in [0.25, 0.3) is 0 Å². The van der Waals surface area contributed by atoms with E-state index < -0.39 is 23.5 Å². The summed E-state index contributed by atoms with van der Waals surface area (Å²) in [5, 5.41) is 2.37. The normalized spacial score (nSPS) is 11.4. The topological polar surface area (TPSA) is 24.9 Å². The molecule has 1 N–H and O–H groups in total. The predicted molar refractivity (Wildman–Crippen MR) is 58.9 cm³/mol. The Kier molecular flexibility index (Phi) is 3.37. The summed E-state index contributed by atoms with van der Waals surface area (Å²) in [6, 6.07) is 4.20. The first-order chi connectivity index (χ1) is 8.86. The van der Waals surface area contributed by atoms with Crippen molar-refractivity contribution in [2.45, 2.75) is 6.18 Å². The molecule has 1 heterocycles. The van der Waals surface area contributed by atoms with Gasteiger partial charge in [0.05, 0.1) is 11.3 Å². The van der Waals surface area contributed by atoms with E-state index in [4.69, 9.17) is 0 Å². The standard InChI is InChI=1S/C12H7F5N2/c13-9-2-1-7(12(15,16)17)5-10(9)19-8-3-4-18-11(14)6-8/h1-6H,(H,18,19). The lowest BCUT2D eigenvalue weighted by molar-refractivity contribution is -0.137. The first-order valence-electron chi connectivity index (χ1n) is 5.11. The highest BCUT2D eigenvalue weighted by Crippen LogP contribution is 2.32. The third kappa shape index (κ3) is 3.18. The molecule has 19 heavy (non-hydrogen) atoms. The maximum Gasteiger partial charge on any atom is 0.416 e. The van der Waals surface area contributed by atoms with Gasteiger partial charge in [0.2, 0.25) is 5.95 Å². The predicted octanol–water partition coefficient (Wildman–Crippen LogP) is 4.12. The lowest BCUT2D eigenvalue weighted by Gasteiger charge is -2.11. The van der Waals surface area contributed by atoms with Crippen molar-refractivity contribution < 1.29 is 22.0 Å². The van der Waals surface area contributed by atoms with Gasteiger partial charge in [0, 0.05) is 18.0 Å². The quantitative estimate of drug-likeness (QED) is 0.658. The van der Waals surface area contributed by atoms with Crippen LogP contribution in [0, 0.1) is 11.8 Å². The van der Waals surface area contributed by atoms with Crippen molar-refractivity contribution in [1.29, 1.82) is 0 Å². The minimum atomic E-state index is -4.58. The minimum absolute atomic E-state index is 0.103. The van der Waals surface area contributed by atoms with Gasteiger partial charge in [-0.1, -0.05) is 0 Å². The lowest BCUT2D eigenvalue weighted by atomic mass is 10.2. The van der Waals surface area contributed by atoms with Crippen LogP contribution in [-0.2, 0) is 6.18 Å². The Labute approximate surface area is 104 Å². The second-order valence-corrected chi connectivity index (χ2v) is 3.68. The van der Waals surface area contributed by atoms with Crippen LogP contribution in [0.1, 0.15) is 5.56 Å². The molecule has 0 aliphatic carbocycles. The Morgan fingerprint density at radius 3 is 2.37 bits per heavy atom. The van der Waals surface area contributed by atoms with Crippen LogP contribution in [0.25, 0.3) is 0 Å². The maximum absolute atomic E-state index is 13.4. The summed E-state index contributed by atoms with van der Waals surface area (Å²) in [5.41, 5.74) is -1.28. The van der Waals surface area contributed by atoms with Crippen LogP contribution in [0.3, 0.4) is 0 Å². The van der Waals surface area contributed by atoms with Crippen LogP contribution in [-0.4, -0.2) is 4.98 Å². The highest BCUT2D eigenvalue weighted by atomic mass is 19.4. The van der Waals surface area contributed by atoms with E-state index in [9.17, 15) is 22.0 Å². The van der Waals surface area contributed by atoms with E-state index in [-0.39, 0.29) is 11.4 Å². The number of alkyl halides is 3. The number of aromatic nitrogens is 1. The molecule has 0 bridgehead atoms. The van der Waals surface area contributed by atoms with Gasteiger partial charge >= 0.3 is 6.18 Å².